The molecule has 0 amide bonds. The number of hydrogen-bond acceptors (Lipinski definition) is 1. The van der Waals surface area contributed by atoms with Gasteiger partial charge in [-0.25, -0.2) is 0 Å². The lowest BCUT2D eigenvalue weighted by molar-refractivity contribution is 0.456. The molecule has 0 N–H and O–H groups in total. The highest BCUT2D eigenvalue weighted by Gasteiger charge is 2.39. The molecule has 1 aromatic heterocycles. The fourth-order valence-electron chi connectivity index (χ4n) is 2.61. The van der Waals surface area contributed by atoms with E-state index in [1.807, 2.05) is 0 Å². The Morgan fingerprint density at radius 1 is 0.917 bits per heavy atom. The molecule has 0 aliphatic carbocycles. The number of nitrogens with zero attached hydrogens (tertiary/aromatic N) is 1. The summed E-state index contributed by atoms with van der Waals surface area (Å²) in [5, 5.41) is 1.42. The van der Waals surface area contributed by atoms with Gasteiger partial charge in [-0.2, -0.15) is 0 Å². The van der Waals surface area contributed by atoms with Crippen molar-refractivity contribution >= 4 is 19.2 Å². The Morgan fingerprint density at radius 2 is 1.54 bits per heavy atom. The Hall–Kier alpha value is -2.00. The van der Waals surface area contributed by atoms with Crippen molar-refractivity contribution in [3.8, 4) is 5.88 Å². The van der Waals surface area contributed by atoms with E-state index in [9.17, 15) is 0 Å². The van der Waals surface area contributed by atoms with Crippen molar-refractivity contribution in [1.29, 1.82) is 0 Å². The van der Waals surface area contributed by atoms with Gasteiger partial charge >= 0.3 is 0 Å². The van der Waals surface area contributed by atoms with Crippen molar-refractivity contribution in [1.82, 2.24) is 4.57 Å². The third-order valence-electron chi connectivity index (χ3n) is 5.12. The summed E-state index contributed by atoms with van der Waals surface area (Å²) < 4.78 is 8.97. The lowest BCUT2D eigenvalue weighted by Crippen LogP contribution is -2.44. The monoisotopic (exact) mass is 337 g/mol. The zero-order chi connectivity index (χ0) is 17.4. The molecule has 3 aromatic rings. The Labute approximate surface area is 146 Å². The summed E-state index contributed by atoms with van der Waals surface area (Å²) in [7, 11) is -1.88. The minimum absolute atomic E-state index is 0.182. The van der Waals surface area contributed by atoms with Crippen LogP contribution in [0.1, 0.15) is 26.3 Å². The molecule has 0 fully saturated rings. The van der Waals surface area contributed by atoms with Crippen LogP contribution in [-0.4, -0.2) is 12.9 Å². The van der Waals surface area contributed by atoms with Crippen LogP contribution in [0, 0.1) is 0 Å². The van der Waals surface area contributed by atoms with Crippen LogP contribution in [0.4, 0.5) is 0 Å². The molecule has 0 aliphatic rings. The van der Waals surface area contributed by atoms with Gasteiger partial charge in [-0.15, -0.1) is 0 Å². The van der Waals surface area contributed by atoms with Gasteiger partial charge in [-0.3, -0.25) is 0 Å². The van der Waals surface area contributed by atoms with Gasteiger partial charge in [-0.1, -0.05) is 69.3 Å². The summed E-state index contributed by atoms with van der Waals surface area (Å²) in [6.07, 6.45) is 0. The van der Waals surface area contributed by atoms with E-state index in [4.69, 9.17) is 4.43 Å². The van der Waals surface area contributed by atoms with Crippen LogP contribution >= 0.6 is 0 Å². The standard InChI is InChI=1S/C21H27NOSi/c1-21(2,3)24(4,5)23-20-15-18-13-9-10-14-19(18)22(20)16-17-11-7-6-8-12-17/h6-15H,16H2,1-5H3. The van der Waals surface area contributed by atoms with E-state index in [0.29, 0.717) is 0 Å². The predicted octanol–water partition coefficient (Wildman–Crippen LogP) is 6.07. The van der Waals surface area contributed by atoms with E-state index >= 15 is 0 Å². The molecule has 2 aromatic carbocycles. The molecule has 1 heterocycles. The zero-order valence-corrected chi connectivity index (χ0v) is 16.3. The first-order chi connectivity index (χ1) is 11.3. The van der Waals surface area contributed by atoms with Gasteiger partial charge in [-0.05, 0) is 29.8 Å². The van der Waals surface area contributed by atoms with E-state index in [1.54, 1.807) is 0 Å². The van der Waals surface area contributed by atoms with E-state index in [2.05, 4.69) is 99.1 Å². The van der Waals surface area contributed by atoms with Crippen molar-refractivity contribution in [2.75, 3.05) is 0 Å². The molecule has 3 rings (SSSR count). The maximum atomic E-state index is 6.66. The summed E-state index contributed by atoms with van der Waals surface area (Å²) in [5.41, 5.74) is 2.52. The van der Waals surface area contributed by atoms with Crippen LogP contribution in [-0.2, 0) is 6.54 Å². The maximum Gasteiger partial charge on any atom is 0.252 e. The highest BCUT2D eigenvalue weighted by molar-refractivity contribution is 6.74. The van der Waals surface area contributed by atoms with E-state index in [-0.39, 0.29) is 5.04 Å². The minimum atomic E-state index is -1.88. The van der Waals surface area contributed by atoms with Crippen molar-refractivity contribution < 1.29 is 4.43 Å². The quantitative estimate of drug-likeness (QED) is 0.527. The number of aromatic nitrogens is 1. The van der Waals surface area contributed by atoms with Gasteiger partial charge in [0.15, 0.2) is 5.88 Å². The average molecular weight is 338 g/mol. The molecular weight excluding hydrogens is 310 g/mol. The molecule has 126 valence electrons. The number of rotatable bonds is 4. The normalized spacial score (nSPS) is 12.5. The second-order valence-electron chi connectivity index (χ2n) is 7.98. The lowest BCUT2D eigenvalue weighted by atomic mass is 10.2. The van der Waals surface area contributed by atoms with E-state index in [0.717, 1.165) is 12.4 Å². The molecular formula is C21H27NOSi. The second-order valence-corrected chi connectivity index (χ2v) is 12.7. The molecule has 2 nitrogen and oxygen atoms in total. The molecule has 24 heavy (non-hydrogen) atoms. The molecule has 0 atom stereocenters. The molecule has 0 spiro atoms. The van der Waals surface area contributed by atoms with E-state index < -0.39 is 8.32 Å². The second kappa shape index (κ2) is 6.13. The van der Waals surface area contributed by atoms with Crippen LogP contribution in [0.3, 0.4) is 0 Å². The molecule has 0 aliphatic heterocycles. The number of fused-ring (bicyclic) bond motifs is 1. The van der Waals surface area contributed by atoms with Crippen LogP contribution in [0.15, 0.2) is 60.7 Å². The Bertz CT molecular complexity index is 828. The summed E-state index contributed by atoms with van der Waals surface area (Å²) in [5.74, 6) is 0.992. The largest absolute Gasteiger partial charge is 0.532 e. The van der Waals surface area contributed by atoms with Crippen molar-refractivity contribution in [3.63, 3.8) is 0 Å². The third kappa shape index (κ3) is 3.27. The average Bonchev–Trinajstić information content (AvgIpc) is 2.84. The molecule has 0 bridgehead atoms. The lowest BCUT2D eigenvalue weighted by Gasteiger charge is -2.36. The topological polar surface area (TPSA) is 14.2 Å². The van der Waals surface area contributed by atoms with Gasteiger partial charge in [0.2, 0.25) is 0 Å². The number of benzene rings is 2. The molecule has 0 saturated heterocycles. The fourth-order valence-corrected chi connectivity index (χ4v) is 3.61. The van der Waals surface area contributed by atoms with Crippen molar-refractivity contribution in [2.45, 2.75) is 45.4 Å². The number of hydrogen-bond donors (Lipinski definition) is 0. The van der Waals surface area contributed by atoms with Gasteiger partial charge in [0.1, 0.15) is 0 Å². The van der Waals surface area contributed by atoms with Crippen LogP contribution < -0.4 is 4.43 Å². The predicted molar refractivity (Wildman–Crippen MR) is 105 cm³/mol. The van der Waals surface area contributed by atoms with E-state index in [1.165, 1.54) is 16.5 Å². The van der Waals surface area contributed by atoms with Crippen LogP contribution in [0.25, 0.3) is 10.9 Å². The highest BCUT2D eigenvalue weighted by Crippen LogP contribution is 2.39. The van der Waals surface area contributed by atoms with Crippen molar-refractivity contribution in [3.05, 3.63) is 66.2 Å². The van der Waals surface area contributed by atoms with Gasteiger partial charge in [0, 0.05) is 11.5 Å². The Balaban J connectivity index is 2.05. The SMILES string of the molecule is CC(C)(C)[Si](C)(C)Oc1cc2ccccc2n1Cc1ccccc1. The molecule has 0 saturated carbocycles. The Morgan fingerprint density at radius 3 is 2.21 bits per heavy atom. The highest BCUT2D eigenvalue weighted by atomic mass is 28.4. The minimum Gasteiger partial charge on any atom is -0.532 e. The van der Waals surface area contributed by atoms with Gasteiger partial charge in [0.05, 0.1) is 12.1 Å². The molecule has 3 heteroatoms. The zero-order valence-electron chi connectivity index (χ0n) is 15.3. The van der Waals surface area contributed by atoms with Gasteiger partial charge < -0.3 is 8.99 Å². The fraction of sp³-hybridized carbons (Fsp3) is 0.333. The summed E-state index contributed by atoms with van der Waals surface area (Å²) in [6.45, 7) is 12.3. The first kappa shape index (κ1) is 16.8. The molecule has 0 radical (unpaired) electrons. The number of para-hydroxylation sites is 1. The maximum absolute atomic E-state index is 6.66. The molecule has 0 unspecified atom stereocenters. The smallest absolute Gasteiger partial charge is 0.252 e. The van der Waals surface area contributed by atoms with Crippen molar-refractivity contribution in [2.24, 2.45) is 0 Å². The summed E-state index contributed by atoms with van der Waals surface area (Å²) in [6, 6.07) is 21.3. The first-order valence-electron chi connectivity index (χ1n) is 8.59. The first-order valence-corrected chi connectivity index (χ1v) is 11.5. The van der Waals surface area contributed by atoms with Crippen LogP contribution in [0.2, 0.25) is 18.1 Å². The summed E-state index contributed by atoms with van der Waals surface area (Å²) >= 11 is 0. The third-order valence-corrected chi connectivity index (χ3v) is 9.45. The van der Waals surface area contributed by atoms with Gasteiger partial charge in [0.25, 0.3) is 8.32 Å². The van der Waals surface area contributed by atoms with Crippen LogP contribution in [0.5, 0.6) is 5.88 Å². The summed E-state index contributed by atoms with van der Waals surface area (Å²) in [4.78, 5) is 0. The Kier molecular flexibility index (Phi) is 4.30.